The molecule has 198 valence electrons. The number of hydrogen-bond acceptors (Lipinski definition) is 9. The summed E-state index contributed by atoms with van der Waals surface area (Å²) in [6.07, 6.45) is 4.52. The highest BCUT2D eigenvalue weighted by atomic mass is 32.1. The molecule has 0 saturated heterocycles. The number of nitrogen functional groups attached to an aromatic ring is 1. The van der Waals surface area contributed by atoms with Crippen molar-refractivity contribution in [1.29, 1.82) is 0 Å². The number of nitrogens with zero attached hydrogens (tertiary/aromatic N) is 7. The van der Waals surface area contributed by atoms with Crippen LogP contribution in [0.1, 0.15) is 47.5 Å². The Kier molecular flexibility index (Phi) is 5.25. The van der Waals surface area contributed by atoms with Crippen LogP contribution in [-0.4, -0.2) is 52.3 Å². The Bertz CT molecular complexity index is 1590. The molecular formula is C23H21F4N9OS. The quantitative estimate of drug-likeness (QED) is 0.334. The zero-order chi connectivity index (χ0) is 27.0. The molecule has 38 heavy (non-hydrogen) atoms. The molecule has 0 spiro atoms. The molecule has 15 heteroatoms. The van der Waals surface area contributed by atoms with Crippen molar-refractivity contribution >= 4 is 34.5 Å². The third kappa shape index (κ3) is 3.62. The first kappa shape index (κ1) is 24.6. The molecular weight excluding hydrogens is 526 g/mol. The molecule has 3 N–H and O–H groups in total. The van der Waals surface area contributed by atoms with Gasteiger partial charge in [-0.15, -0.1) is 21.5 Å². The molecule has 4 aromatic heterocycles. The van der Waals surface area contributed by atoms with Gasteiger partial charge in [0.15, 0.2) is 11.5 Å². The van der Waals surface area contributed by atoms with Crippen LogP contribution in [0.2, 0.25) is 0 Å². The Morgan fingerprint density at radius 3 is 2.63 bits per heavy atom. The molecule has 10 nitrogen and oxygen atoms in total. The fourth-order valence-electron chi connectivity index (χ4n) is 4.90. The number of imidazole rings is 1. The van der Waals surface area contributed by atoms with Gasteiger partial charge in [-0.3, -0.25) is 4.79 Å². The number of fused-ring (bicyclic) bond motifs is 2. The summed E-state index contributed by atoms with van der Waals surface area (Å²) in [7, 11) is 0. The number of rotatable bonds is 7. The van der Waals surface area contributed by atoms with Crippen molar-refractivity contribution in [1.82, 2.24) is 34.5 Å². The molecule has 1 unspecified atom stereocenters. The van der Waals surface area contributed by atoms with Crippen molar-refractivity contribution in [3.05, 3.63) is 39.9 Å². The molecule has 1 aliphatic heterocycles. The van der Waals surface area contributed by atoms with E-state index in [1.54, 1.807) is 13.1 Å². The van der Waals surface area contributed by atoms with E-state index >= 15 is 0 Å². The van der Waals surface area contributed by atoms with Crippen LogP contribution in [0.3, 0.4) is 0 Å². The molecule has 0 radical (unpaired) electrons. The number of carbonyl (C=O) groups excluding carboxylic acids is 1. The van der Waals surface area contributed by atoms with Gasteiger partial charge in [0.05, 0.1) is 11.3 Å². The number of aryl methyl sites for hydroxylation is 2. The Balaban J connectivity index is 1.43. The molecule has 4 aromatic rings. The molecule has 1 saturated carbocycles. The zero-order valence-electron chi connectivity index (χ0n) is 20.2. The first-order valence-corrected chi connectivity index (χ1v) is 12.6. The van der Waals surface area contributed by atoms with E-state index < -0.39 is 30.1 Å². The fraction of sp³-hybridized carbons (Fsp3) is 0.435. The maximum absolute atomic E-state index is 14.0. The summed E-state index contributed by atoms with van der Waals surface area (Å²) in [6, 6.07) is 0. The fourth-order valence-corrected chi connectivity index (χ4v) is 5.86. The average Bonchev–Trinajstić information content (AvgIpc) is 3.27. The standard InChI is InChI=1S/C23H21F4N9OS/c1-10-34-35-20(38-10)23(11-3-4-11)14-15(28)31-16(32-17(14)33-19(23)37)13-9-36-8-7-29-18(36)12(30-13)5-6-22(26,27)21(2,24)25/h7-9,11H,3-6H2,1-2H3,(H3,28,31,32,33,37). The third-order valence-corrected chi connectivity index (χ3v) is 7.94. The Morgan fingerprint density at radius 2 is 1.97 bits per heavy atom. The van der Waals surface area contributed by atoms with Crippen LogP contribution in [0, 0.1) is 12.8 Å². The summed E-state index contributed by atoms with van der Waals surface area (Å²) < 4.78 is 56.3. The minimum atomic E-state index is -4.23. The van der Waals surface area contributed by atoms with Crippen molar-refractivity contribution in [3.63, 3.8) is 0 Å². The summed E-state index contributed by atoms with van der Waals surface area (Å²) >= 11 is 1.31. The van der Waals surface area contributed by atoms with Gasteiger partial charge in [0.2, 0.25) is 5.91 Å². The molecule has 1 amide bonds. The molecule has 1 atom stereocenters. The van der Waals surface area contributed by atoms with Crippen LogP contribution >= 0.6 is 11.3 Å². The van der Waals surface area contributed by atoms with Gasteiger partial charge in [0, 0.05) is 31.9 Å². The number of nitrogens with two attached hydrogens (primary N) is 1. The molecule has 0 bridgehead atoms. The summed E-state index contributed by atoms with van der Waals surface area (Å²) in [4.78, 5) is 30.9. The highest BCUT2D eigenvalue weighted by Gasteiger charge is 2.61. The molecule has 1 fully saturated rings. The summed E-state index contributed by atoms with van der Waals surface area (Å²) in [5.41, 5.74) is 6.18. The van der Waals surface area contributed by atoms with Crippen molar-refractivity contribution in [2.75, 3.05) is 11.1 Å². The number of nitrogens with one attached hydrogen (secondary N) is 1. The second-order valence-corrected chi connectivity index (χ2v) is 10.8. The highest BCUT2D eigenvalue weighted by molar-refractivity contribution is 7.11. The Labute approximate surface area is 216 Å². The van der Waals surface area contributed by atoms with Crippen LogP contribution < -0.4 is 11.1 Å². The van der Waals surface area contributed by atoms with Crippen molar-refractivity contribution in [2.24, 2.45) is 5.92 Å². The van der Waals surface area contributed by atoms with Gasteiger partial charge < -0.3 is 15.5 Å². The number of carbonyl (C=O) groups is 1. The maximum Gasteiger partial charge on any atom is 0.310 e. The average molecular weight is 548 g/mol. The van der Waals surface area contributed by atoms with E-state index in [0.29, 0.717) is 15.6 Å². The highest BCUT2D eigenvalue weighted by Crippen LogP contribution is 2.58. The molecule has 2 aliphatic rings. The van der Waals surface area contributed by atoms with Crippen molar-refractivity contribution in [2.45, 2.75) is 56.8 Å². The van der Waals surface area contributed by atoms with Crippen LogP contribution in [0.15, 0.2) is 18.6 Å². The van der Waals surface area contributed by atoms with Crippen molar-refractivity contribution < 1.29 is 22.4 Å². The van der Waals surface area contributed by atoms with E-state index in [2.05, 4.69) is 35.5 Å². The summed E-state index contributed by atoms with van der Waals surface area (Å²) in [6.45, 7) is 1.98. The lowest BCUT2D eigenvalue weighted by atomic mass is 9.78. The third-order valence-electron chi connectivity index (χ3n) is 6.97. The van der Waals surface area contributed by atoms with Crippen LogP contribution in [-0.2, 0) is 16.6 Å². The molecule has 6 rings (SSSR count). The largest absolute Gasteiger partial charge is 0.383 e. The summed E-state index contributed by atoms with van der Waals surface area (Å²) in [5, 5.41) is 12.4. The maximum atomic E-state index is 14.0. The zero-order valence-corrected chi connectivity index (χ0v) is 21.0. The predicted octanol–water partition coefficient (Wildman–Crippen LogP) is 3.80. The van der Waals surface area contributed by atoms with E-state index in [0.717, 1.165) is 12.8 Å². The second-order valence-electron chi connectivity index (χ2n) is 9.64. The number of hydrogen-bond donors (Lipinski definition) is 2. The topological polar surface area (TPSA) is 137 Å². The first-order valence-electron chi connectivity index (χ1n) is 11.8. The van der Waals surface area contributed by atoms with Gasteiger partial charge in [-0.2, -0.15) is 8.78 Å². The number of anilines is 2. The SMILES string of the molecule is Cc1nnc(C2(C3CC3)C(=O)Nc3nc(-c4cn5ccnc5c(CCC(F)(F)C(C)(F)F)n4)nc(N)c32)s1. The lowest BCUT2D eigenvalue weighted by Gasteiger charge is -2.24. The predicted molar refractivity (Wildman–Crippen MR) is 129 cm³/mol. The number of alkyl halides is 4. The number of halogens is 4. The Hall–Kier alpha value is -3.75. The first-order chi connectivity index (χ1) is 17.9. The van der Waals surface area contributed by atoms with Gasteiger partial charge in [0.1, 0.15) is 32.8 Å². The van der Waals surface area contributed by atoms with E-state index in [9.17, 15) is 22.4 Å². The molecule has 1 aliphatic carbocycles. The molecule has 0 aromatic carbocycles. The van der Waals surface area contributed by atoms with Gasteiger partial charge in [-0.25, -0.2) is 28.7 Å². The monoisotopic (exact) mass is 547 g/mol. The van der Waals surface area contributed by atoms with Crippen LogP contribution in [0.5, 0.6) is 0 Å². The van der Waals surface area contributed by atoms with E-state index in [4.69, 9.17) is 5.73 Å². The molecule has 5 heterocycles. The van der Waals surface area contributed by atoms with Gasteiger partial charge in [0.25, 0.3) is 0 Å². The lowest BCUT2D eigenvalue weighted by Crippen LogP contribution is -2.38. The minimum absolute atomic E-state index is 0.0294. The van der Waals surface area contributed by atoms with E-state index in [1.165, 1.54) is 28.1 Å². The van der Waals surface area contributed by atoms with Gasteiger partial charge in [-0.05, 0) is 32.1 Å². The van der Waals surface area contributed by atoms with Crippen LogP contribution in [0.4, 0.5) is 29.2 Å². The Morgan fingerprint density at radius 1 is 1.21 bits per heavy atom. The number of aromatic nitrogens is 7. The smallest absolute Gasteiger partial charge is 0.310 e. The van der Waals surface area contributed by atoms with Gasteiger partial charge >= 0.3 is 11.8 Å². The van der Waals surface area contributed by atoms with Crippen LogP contribution in [0.25, 0.3) is 17.2 Å². The van der Waals surface area contributed by atoms with Gasteiger partial charge in [-0.1, -0.05) is 0 Å². The second kappa shape index (κ2) is 8.12. The normalized spacial score (nSPS) is 19.7. The number of amides is 1. The summed E-state index contributed by atoms with van der Waals surface area (Å²) in [5.74, 6) is -8.47. The van der Waals surface area contributed by atoms with E-state index in [-0.39, 0.29) is 53.2 Å². The van der Waals surface area contributed by atoms with Crippen molar-refractivity contribution in [3.8, 4) is 11.5 Å². The van der Waals surface area contributed by atoms with E-state index in [1.807, 2.05) is 0 Å². The lowest BCUT2D eigenvalue weighted by molar-refractivity contribution is -0.200. The minimum Gasteiger partial charge on any atom is -0.383 e.